The summed E-state index contributed by atoms with van der Waals surface area (Å²) >= 11 is 5.70. The first-order chi connectivity index (χ1) is 11.3. The van der Waals surface area contributed by atoms with Crippen LogP contribution in [0.2, 0.25) is 5.02 Å². The van der Waals surface area contributed by atoms with Crippen LogP contribution in [0.3, 0.4) is 0 Å². The molecule has 0 heterocycles. The van der Waals surface area contributed by atoms with Crippen molar-refractivity contribution in [3.8, 4) is 5.75 Å². The molecule has 0 saturated carbocycles. The molecule has 0 fully saturated rings. The number of halogens is 3. The Hall–Kier alpha value is -2.47. The summed E-state index contributed by atoms with van der Waals surface area (Å²) in [4.78, 5) is 24.2. The van der Waals surface area contributed by atoms with Crippen LogP contribution in [0.15, 0.2) is 36.4 Å². The lowest BCUT2D eigenvalue weighted by atomic mass is 10.1. The van der Waals surface area contributed by atoms with E-state index in [2.05, 4.69) is 0 Å². The maximum atomic E-state index is 13.2. The SMILES string of the molecule is COc1ccc(C(=O)[C@@H](C)OC(=O)c2cc(F)c(F)cc2Cl)cc1. The van der Waals surface area contributed by atoms with E-state index in [0.29, 0.717) is 23.4 Å². The summed E-state index contributed by atoms with van der Waals surface area (Å²) in [7, 11) is 1.49. The van der Waals surface area contributed by atoms with Crippen LogP contribution in [0.25, 0.3) is 0 Å². The van der Waals surface area contributed by atoms with Crippen LogP contribution < -0.4 is 4.74 Å². The molecule has 0 aliphatic rings. The number of methoxy groups -OCH3 is 1. The predicted octanol–water partition coefficient (Wildman–Crippen LogP) is 4.06. The molecule has 1 atom stereocenters. The Morgan fingerprint density at radius 1 is 1.08 bits per heavy atom. The van der Waals surface area contributed by atoms with Gasteiger partial charge in [-0.3, -0.25) is 4.79 Å². The average molecular weight is 355 g/mol. The third kappa shape index (κ3) is 3.89. The second kappa shape index (κ2) is 7.40. The van der Waals surface area contributed by atoms with E-state index in [4.69, 9.17) is 21.1 Å². The van der Waals surface area contributed by atoms with Gasteiger partial charge in [0.25, 0.3) is 0 Å². The number of benzene rings is 2. The molecule has 0 aromatic heterocycles. The molecule has 0 radical (unpaired) electrons. The van der Waals surface area contributed by atoms with E-state index >= 15 is 0 Å². The minimum atomic E-state index is -1.24. The number of Topliss-reactive ketones (excluding diaryl/α,β-unsaturated/α-hetero) is 1. The zero-order chi connectivity index (χ0) is 17.9. The molecule has 7 heteroatoms. The summed E-state index contributed by atoms with van der Waals surface area (Å²) in [5.74, 6) is -3.32. The molecular formula is C17H13ClF2O4. The van der Waals surface area contributed by atoms with E-state index in [1.165, 1.54) is 26.2 Å². The minimum absolute atomic E-state index is 0.303. The second-order valence-corrected chi connectivity index (χ2v) is 5.29. The normalized spacial score (nSPS) is 11.7. The predicted molar refractivity (Wildman–Crippen MR) is 83.6 cm³/mol. The standard InChI is InChI=1S/C17H13ClF2O4/c1-9(16(21)10-3-5-11(23-2)6-4-10)24-17(22)12-7-14(19)15(20)8-13(12)18/h3-9H,1-2H3/t9-/m1/s1. The van der Waals surface area contributed by atoms with Crippen molar-refractivity contribution in [2.24, 2.45) is 0 Å². The number of ether oxygens (including phenoxy) is 2. The lowest BCUT2D eigenvalue weighted by Crippen LogP contribution is -2.24. The Bertz CT molecular complexity index is 775. The Labute approximate surface area is 141 Å². The first-order valence-electron chi connectivity index (χ1n) is 6.87. The quantitative estimate of drug-likeness (QED) is 0.461. The van der Waals surface area contributed by atoms with E-state index in [0.717, 1.165) is 0 Å². The van der Waals surface area contributed by atoms with E-state index in [9.17, 15) is 18.4 Å². The minimum Gasteiger partial charge on any atom is -0.497 e. The van der Waals surface area contributed by atoms with Gasteiger partial charge >= 0.3 is 5.97 Å². The maximum absolute atomic E-state index is 13.2. The summed E-state index contributed by atoms with van der Waals surface area (Å²) in [5, 5.41) is -0.303. The lowest BCUT2D eigenvalue weighted by molar-refractivity contribution is 0.0318. The highest BCUT2D eigenvalue weighted by molar-refractivity contribution is 6.33. The summed E-state index contributed by atoms with van der Waals surface area (Å²) in [6, 6.07) is 7.53. The zero-order valence-electron chi connectivity index (χ0n) is 12.8. The molecule has 0 saturated heterocycles. The van der Waals surface area contributed by atoms with Gasteiger partial charge in [-0.15, -0.1) is 0 Å². The molecule has 2 aromatic rings. The molecule has 0 aliphatic carbocycles. The molecular weight excluding hydrogens is 342 g/mol. The Morgan fingerprint density at radius 3 is 2.25 bits per heavy atom. The average Bonchev–Trinajstić information content (AvgIpc) is 2.57. The highest BCUT2D eigenvalue weighted by Gasteiger charge is 2.23. The van der Waals surface area contributed by atoms with Crippen LogP contribution in [-0.2, 0) is 4.74 Å². The molecule has 0 amide bonds. The van der Waals surface area contributed by atoms with Gasteiger partial charge in [0.05, 0.1) is 17.7 Å². The van der Waals surface area contributed by atoms with Crippen molar-refractivity contribution >= 4 is 23.4 Å². The largest absolute Gasteiger partial charge is 0.497 e. The first kappa shape index (κ1) is 17.9. The molecule has 24 heavy (non-hydrogen) atoms. The van der Waals surface area contributed by atoms with Crippen LogP contribution in [-0.4, -0.2) is 25.0 Å². The van der Waals surface area contributed by atoms with Gasteiger partial charge < -0.3 is 9.47 Å². The number of rotatable bonds is 5. The number of carbonyl (C=O) groups is 2. The van der Waals surface area contributed by atoms with Gasteiger partial charge in [0, 0.05) is 5.56 Å². The van der Waals surface area contributed by atoms with E-state index in [1.54, 1.807) is 12.1 Å². The van der Waals surface area contributed by atoms with E-state index in [1.807, 2.05) is 0 Å². The Kier molecular flexibility index (Phi) is 5.51. The van der Waals surface area contributed by atoms with Gasteiger partial charge in [-0.2, -0.15) is 0 Å². The van der Waals surface area contributed by atoms with Crippen LogP contribution >= 0.6 is 11.6 Å². The van der Waals surface area contributed by atoms with E-state index in [-0.39, 0.29) is 10.6 Å². The molecule has 0 aliphatic heterocycles. The fraction of sp³-hybridized carbons (Fsp3) is 0.176. The zero-order valence-corrected chi connectivity index (χ0v) is 13.6. The highest BCUT2D eigenvalue weighted by Crippen LogP contribution is 2.22. The topological polar surface area (TPSA) is 52.6 Å². The monoisotopic (exact) mass is 354 g/mol. The number of hydrogen-bond donors (Lipinski definition) is 0. The Balaban J connectivity index is 2.13. The molecule has 126 valence electrons. The fourth-order valence-corrected chi connectivity index (χ4v) is 2.17. The smallest absolute Gasteiger partial charge is 0.340 e. The summed E-state index contributed by atoms with van der Waals surface area (Å²) in [5.41, 5.74) is -0.0440. The number of carbonyl (C=O) groups excluding carboxylic acids is 2. The number of hydrogen-bond acceptors (Lipinski definition) is 4. The number of ketones is 1. The van der Waals surface area contributed by atoms with Crippen molar-refractivity contribution in [1.29, 1.82) is 0 Å². The molecule has 0 N–H and O–H groups in total. The number of esters is 1. The van der Waals surface area contributed by atoms with Crippen LogP contribution in [0.1, 0.15) is 27.6 Å². The highest BCUT2D eigenvalue weighted by atomic mass is 35.5. The summed E-state index contributed by atoms with van der Waals surface area (Å²) < 4.78 is 36.2. The van der Waals surface area contributed by atoms with Crippen LogP contribution in [0.4, 0.5) is 8.78 Å². The molecule has 2 aromatic carbocycles. The third-order valence-corrected chi connectivity index (χ3v) is 3.57. The molecule has 4 nitrogen and oxygen atoms in total. The van der Waals surface area contributed by atoms with Crippen molar-refractivity contribution in [3.05, 3.63) is 64.2 Å². The second-order valence-electron chi connectivity index (χ2n) is 4.89. The van der Waals surface area contributed by atoms with Crippen LogP contribution in [0.5, 0.6) is 5.75 Å². The molecule has 0 bridgehead atoms. The van der Waals surface area contributed by atoms with Gasteiger partial charge in [0.15, 0.2) is 17.7 Å². The van der Waals surface area contributed by atoms with Gasteiger partial charge in [-0.25, -0.2) is 13.6 Å². The summed E-state index contributed by atoms with van der Waals surface area (Å²) in [6.45, 7) is 1.37. The third-order valence-electron chi connectivity index (χ3n) is 3.26. The summed E-state index contributed by atoms with van der Waals surface area (Å²) in [6.07, 6.45) is -1.13. The van der Waals surface area contributed by atoms with Crippen LogP contribution in [0, 0.1) is 11.6 Å². The first-order valence-corrected chi connectivity index (χ1v) is 7.25. The maximum Gasteiger partial charge on any atom is 0.340 e. The molecule has 2 rings (SSSR count). The van der Waals surface area contributed by atoms with Crippen molar-refractivity contribution in [2.45, 2.75) is 13.0 Å². The molecule has 0 unspecified atom stereocenters. The van der Waals surface area contributed by atoms with Gasteiger partial charge in [0.2, 0.25) is 5.78 Å². The van der Waals surface area contributed by atoms with Gasteiger partial charge in [-0.05, 0) is 43.3 Å². The van der Waals surface area contributed by atoms with Gasteiger partial charge in [0.1, 0.15) is 5.75 Å². The van der Waals surface area contributed by atoms with Crippen molar-refractivity contribution in [3.63, 3.8) is 0 Å². The van der Waals surface area contributed by atoms with Gasteiger partial charge in [-0.1, -0.05) is 11.6 Å². The van der Waals surface area contributed by atoms with Crippen molar-refractivity contribution < 1.29 is 27.8 Å². The fourth-order valence-electron chi connectivity index (χ4n) is 1.95. The van der Waals surface area contributed by atoms with E-state index < -0.39 is 29.5 Å². The van der Waals surface area contributed by atoms with Crippen molar-refractivity contribution in [1.82, 2.24) is 0 Å². The van der Waals surface area contributed by atoms with Crippen molar-refractivity contribution in [2.75, 3.05) is 7.11 Å². The molecule has 0 spiro atoms. The Morgan fingerprint density at radius 2 is 1.67 bits per heavy atom. The lowest BCUT2D eigenvalue weighted by Gasteiger charge is -2.13.